The molecule has 3 N–H and O–H groups in total. The largest absolute Gasteiger partial charge is 0.481 e. The maximum atomic E-state index is 11.9. The van der Waals surface area contributed by atoms with Crippen molar-refractivity contribution in [3.05, 3.63) is 27.6 Å². The number of nitrogens with one attached hydrogen (secondary N) is 2. The number of rotatable bonds is 4. The lowest BCUT2D eigenvalue weighted by molar-refractivity contribution is -0.142. The smallest absolute Gasteiger partial charge is 0.306 e. The van der Waals surface area contributed by atoms with Gasteiger partial charge in [0.05, 0.1) is 18.0 Å². The van der Waals surface area contributed by atoms with Gasteiger partial charge in [0, 0.05) is 6.04 Å². The molecule has 112 valence electrons. The molecule has 0 saturated heterocycles. The third kappa shape index (κ3) is 3.14. The monoisotopic (exact) mass is 307 g/mol. The highest BCUT2D eigenvalue weighted by Gasteiger charge is 2.25. The van der Waals surface area contributed by atoms with Crippen molar-refractivity contribution in [1.82, 2.24) is 15.3 Å². The fourth-order valence-electron chi connectivity index (χ4n) is 2.79. The van der Waals surface area contributed by atoms with Crippen molar-refractivity contribution in [2.75, 3.05) is 0 Å². The highest BCUT2D eigenvalue weighted by atomic mass is 32.1. The number of aromatic amines is 1. The predicted octanol–water partition coefficient (Wildman–Crippen LogP) is 1.72. The van der Waals surface area contributed by atoms with Crippen molar-refractivity contribution in [2.45, 2.75) is 38.3 Å². The van der Waals surface area contributed by atoms with Crippen molar-refractivity contribution in [2.24, 2.45) is 5.92 Å². The van der Waals surface area contributed by atoms with Crippen LogP contribution in [0.1, 0.15) is 31.5 Å². The van der Waals surface area contributed by atoms with Crippen molar-refractivity contribution in [1.29, 1.82) is 0 Å². The minimum atomic E-state index is -0.692. The number of aromatic nitrogens is 2. The van der Waals surface area contributed by atoms with Gasteiger partial charge >= 0.3 is 5.97 Å². The number of carboxylic acids is 1. The van der Waals surface area contributed by atoms with Crippen LogP contribution < -0.4 is 10.9 Å². The average Bonchev–Trinajstić information content (AvgIpc) is 2.94. The van der Waals surface area contributed by atoms with Crippen LogP contribution in [0.5, 0.6) is 0 Å². The topological polar surface area (TPSA) is 95.1 Å². The van der Waals surface area contributed by atoms with E-state index in [1.165, 1.54) is 11.3 Å². The summed E-state index contributed by atoms with van der Waals surface area (Å²) in [6.45, 7) is 0.503. The van der Waals surface area contributed by atoms with Gasteiger partial charge < -0.3 is 15.4 Å². The minimum Gasteiger partial charge on any atom is -0.481 e. The first-order valence-corrected chi connectivity index (χ1v) is 7.94. The number of H-pyrrole nitrogens is 1. The molecule has 0 unspecified atom stereocenters. The third-order valence-corrected chi connectivity index (χ3v) is 4.90. The Hall–Kier alpha value is -1.73. The van der Waals surface area contributed by atoms with Crippen LogP contribution in [0, 0.1) is 5.92 Å². The summed E-state index contributed by atoms with van der Waals surface area (Å²) in [5.74, 6) is -0.267. The van der Waals surface area contributed by atoms with Gasteiger partial charge in [-0.15, -0.1) is 11.3 Å². The molecule has 0 aromatic carbocycles. The highest BCUT2D eigenvalue weighted by Crippen LogP contribution is 2.24. The molecule has 1 saturated carbocycles. The standard InChI is InChI=1S/C14H17N3O3S/c18-13-12-10(5-6-21-12)16-11(17-13)7-15-9-3-1-8(2-4-9)14(19)20/h5-6,8-9,15H,1-4,7H2,(H,19,20)(H,16,17,18). The number of carbonyl (C=O) groups is 1. The molecule has 0 bridgehead atoms. The summed E-state index contributed by atoms with van der Waals surface area (Å²) in [6, 6.07) is 2.14. The van der Waals surface area contributed by atoms with Crippen LogP contribution in [-0.4, -0.2) is 27.1 Å². The summed E-state index contributed by atoms with van der Waals surface area (Å²) in [6.07, 6.45) is 3.12. The van der Waals surface area contributed by atoms with Crippen LogP contribution >= 0.6 is 11.3 Å². The van der Waals surface area contributed by atoms with Crippen LogP contribution in [0.4, 0.5) is 0 Å². The first-order chi connectivity index (χ1) is 10.1. The van der Waals surface area contributed by atoms with E-state index in [4.69, 9.17) is 5.11 Å². The lowest BCUT2D eigenvalue weighted by atomic mass is 9.86. The summed E-state index contributed by atoms with van der Waals surface area (Å²) in [7, 11) is 0. The molecule has 1 aliphatic rings. The Morgan fingerprint density at radius 1 is 1.43 bits per heavy atom. The summed E-state index contributed by atoms with van der Waals surface area (Å²) in [5, 5.41) is 14.2. The van der Waals surface area contributed by atoms with Gasteiger partial charge in [0.1, 0.15) is 10.5 Å². The molecule has 0 spiro atoms. The fourth-order valence-corrected chi connectivity index (χ4v) is 3.52. The second kappa shape index (κ2) is 5.95. The maximum absolute atomic E-state index is 11.9. The van der Waals surface area contributed by atoms with Gasteiger partial charge in [-0.25, -0.2) is 4.98 Å². The van der Waals surface area contributed by atoms with Crippen molar-refractivity contribution in [3.8, 4) is 0 Å². The number of hydrogen-bond donors (Lipinski definition) is 3. The van der Waals surface area contributed by atoms with E-state index in [0.717, 1.165) is 18.4 Å². The van der Waals surface area contributed by atoms with E-state index in [-0.39, 0.29) is 11.5 Å². The molecule has 0 aliphatic heterocycles. The molecule has 2 aromatic rings. The lowest BCUT2D eigenvalue weighted by Gasteiger charge is -2.26. The number of aliphatic carboxylic acids is 1. The molecule has 21 heavy (non-hydrogen) atoms. The summed E-state index contributed by atoms with van der Waals surface area (Å²) in [4.78, 5) is 30.0. The van der Waals surface area contributed by atoms with Gasteiger partial charge in [-0.3, -0.25) is 9.59 Å². The Bertz CT molecular complexity index is 701. The zero-order valence-electron chi connectivity index (χ0n) is 11.5. The van der Waals surface area contributed by atoms with Gasteiger partial charge in [-0.1, -0.05) is 0 Å². The Morgan fingerprint density at radius 2 is 2.19 bits per heavy atom. The van der Waals surface area contributed by atoms with Crippen molar-refractivity contribution in [3.63, 3.8) is 0 Å². The summed E-state index contributed by atoms with van der Waals surface area (Å²) < 4.78 is 0.653. The first-order valence-electron chi connectivity index (χ1n) is 7.06. The van der Waals surface area contributed by atoms with Gasteiger partial charge in [0.25, 0.3) is 5.56 Å². The van der Waals surface area contributed by atoms with Crippen molar-refractivity contribution < 1.29 is 9.90 Å². The van der Waals surface area contributed by atoms with E-state index >= 15 is 0 Å². The Kier molecular flexibility index (Phi) is 4.03. The van der Waals surface area contributed by atoms with E-state index in [0.29, 0.717) is 36.0 Å². The zero-order valence-corrected chi connectivity index (χ0v) is 12.3. The van der Waals surface area contributed by atoms with Gasteiger partial charge in [-0.2, -0.15) is 0 Å². The zero-order chi connectivity index (χ0) is 14.8. The summed E-state index contributed by atoms with van der Waals surface area (Å²) >= 11 is 1.39. The van der Waals surface area contributed by atoms with Gasteiger partial charge in [0.15, 0.2) is 0 Å². The lowest BCUT2D eigenvalue weighted by Crippen LogP contribution is -2.35. The van der Waals surface area contributed by atoms with E-state index in [9.17, 15) is 9.59 Å². The molecule has 2 aromatic heterocycles. The quantitative estimate of drug-likeness (QED) is 0.799. The van der Waals surface area contributed by atoms with Gasteiger partial charge in [0.2, 0.25) is 0 Å². The molecule has 0 radical (unpaired) electrons. The summed E-state index contributed by atoms with van der Waals surface area (Å²) in [5.41, 5.74) is 0.636. The molecule has 6 nitrogen and oxygen atoms in total. The number of fused-ring (bicyclic) bond motifs is 1. The predicted molar refractivity (Wildman–Crippen MR) is 80.5 cm³/mol. The van der Waals surface area contributed by atoms with Crippen LogP contribution in [-0.2, 0) is 11.3 Å². The Balaban J connectivity index is 1.60. The number of hydrogen-bond acceptors (Lipinski definition) is 5. The van der Waals surface area contributed by atoms with E-state index in [2.05, 4.69) is 15.3 Å². The van der Waals surface area contributed by atoms with Gasteiger partial charge in [-0.05, 0) is 37.1 Å². The van der Waals surface area contributed by atoms with Crippen LogP contribution in [0.2, 0.25) is 0 Å². The average molecular weight is 307 g/mol. The molecule has 1 fully saturated rings. The second-order valence-corrected chi connectivity index (χ2v) is 6.33. The number of carboxylic acid groups (broad SMARTS) is 1. The van der Waals surface area contributed by atoms with E-state index in [1.54, 1.807) is 0 Å². The molecule has 3 rings (SSSR count). The van der Waals surface area contributed by atoms with E-state index < -0.39 is 5.97 Å². The molecule has 7 heteroatoms. The molecule has 0 atom stereocenters. The maximum Gasteiger partial charge on any atom is 0.306 e. The molecular weight excluding hydrogens is 290 g/mol. The fraction of sp³-hybridized carbons (Fsp3) is 0.500. The molecular formula is C14H17N3O3S. The highest BCUT2D eigenvalue weighted by molar-refractivity contribution is 7.17. The van der Waals surface area contributed by atoms with Crippen LogP contribution in [0.25, 0.3) is 10.2 Å². The molecule has 0 amide bonds. The Labute approximate surface area is 125 Å². The number of nitrogens with zero attached hydrogens (tertiary/aromatic N) is 1. The first kappa shape index (κ1) is 14.2. The van der Waals surface area contributed by atoms with Crippen LogP contribution in [0.15, 0.2) is 16.2 Å². The Morgan fingerprint density at radius 3 is 2.90 bits per heavy atom. The molecule has 1 aliphatic carbocycles. The van der Waals surface area contributed by atoms with Crippen molar-refractivity contribution >= 4 is 27.5 Å². The third-order valence-electron chi connectivity index (χ3n) is 4.00. The normalized spacial score (nSPS) is 22.5. The second-order valence-electron chi connectivity index (χ2n) is 5.42. The molecule has 2 heterocycles. The SMILES string of the molecule is O=C(O)C1CCC(NCc2nc3ccsc3c(=O)[nH]2)CC1. The van der Waals surface area contributed by atoms with E-state index in [1.807, 2.05) is 11.4 Å². The van der Waals surface area contributed by atoms with Crippen LogP contribution in [0.3, 0.4) is 0 Å². The number of thiophene rings is 1. The minimum absolute atomic E-state index is 0.0959.